The molecule has 17 heavy (non-hydrogen) atoms. The number of anilines is 1. The lowest BCUT2D eigenvalue weighted by atomic mass is 10.3. The molecule has 0 radical (unpaired) electrons. The molecule has 0 atom stereocenters. The minimum absolute atomic E-state index is 0.760. The van der Waals surface area contributed by atoms with Gasteiger partial charge >= 0.3 is 0 Å². The molecule has 0 unspecified atom stereocenters. The van der Waals surface area contributed by atoms with Gasteiger partial charge in [0, 0.05) is 13.2 Å². The lowest BCUT2D eigenvalue weighted by molar-refractivity contribution is 0.963. The van der Waals surface area contributed by atoms with E-state index in [1.165, 1.54) is 0 Å². The SMILES string of the molecule is Cc1csc(-c2nc3ncccc3n2C)c1N. The third-order valence-corrected chi connectivity index (χ3v) is 3.99. The number of pyridine rings is 1. The van der Waals surface area contributed by atoms with Gasteiger partial charge in [0.25, 0.3) is 0 Å². The van der Waals surface area contributed by atoms with Crippen molar-refractivity contribution >= 4 is 28.2 Å². The average molecular weight is 244 g/mol. The van der Waals surface area contributed by atoms with E-state index in [-0.39, 0.29) is 0 Å². The van der Waals surface area contributed by atoms with Crippen molar-refractivity contribution in [2.24, 2.45) is 7.05 Å². The zero-order chi connectivity index (χ0) is 12.0. The van der Waals surface area contributed by atoms with Crippen molar-refractivity contribution in [1.82, 2.24) is 14.5 Å². The molecule has 0 fully saturated rings. The molecule has 0 aliphatic carbocycles. The molecule has 0 aliphatic rings. The fraction of sp³-hybridized carbons (Fsp3) is 0.167. The van der Waals surface area contributed by atoms with Gasteiger partial charge < -0.3 is 10.3 Å². The molecule has 86 valence electrons. The van der Waals surface area contributed by atoms with Gasteiger partial charge in [-0.3, -0.25) is 0 Å². The van der Waals surface area contributed by atoms with Crippen molar-refractivity contribution in [3.05, 3.63) is 29.3 Å². The van der Waals surface area contributed by atoms with Crippen molar-refractivity contribution in [2.75, 3.05) is 5.73 Å². The molecule has 5 heteroatoms. The van der Waals surface area contributed by atoms with E-state index in [4.69, 9.17) is 5.73 Å². The Morgan fingerprint density at radius 3 is 2.88 bits per heavy atom. The number of nitrogens with zero attached hydrogens (tertiary/aromatic N) is 3. The van der Waals surface area contributed by atoms with Gasteiger partial charge in [-0.05, 0) is 30.0 Å². The maximum atomic E-state index is 6.06. The summed E-state index contributed by atoms with van der Waals surface area (Å²) in [6.45, 7) is 2.01. The third-order valence-electron chi connectivity index (χ3n) is 2.88. The van der Waals surface area contributed by atoms with Crippen LogP contribution in [0, 0.1) is 6.92 Å². The van der Waals surface area contributed by atoms with Gasteiger partial charge in [0.1, 0.15) is 0 Å². The van der Waals surface area contributed by atoms with Gasteiger partial charge in [0.2, 0.25) is 0 Å². The zero-order valence-corrected chi connectivity index (χ0v) is 10.5. The lowest BCUT2D eigenvalue weighted by Gasteiger charge is -2.01. The van der Waals surface area contributed by atoms with Gasteiger partial charge in [-0.25, -0.2) is 9.97 Å². The Labute approximate surface area is 103 Å². The molecule has 0 spiro atoms. The standard InChI is InChI=1S/C12H12N4S/c1-7-6-17-10(9(7)13)12-15-11-8(16(12)2)4-3-5-14-11/h3-6H,13H2,1-2H3. The predicted octanol–water partition coefficient (Wildman–Crippen LogP) is 2.59. The first-order valence-corrected chi connectivity index (χ1v) is 6.18. The van der Waals surface area contributed by atoms with Crippen LogP contribution in [0.25, 0.3) is 21.9 Å². The Balaban J connectivity index is 2.31. The summed E-state index contributed by atoms with van der Waals surface area (Å²) in [5, 5.41) is 2.05. The molecule has 0 saturated heterocycles. The maximum Gasteiger partial charge on any atom is 0.178 e. The van der Waals surface area contributed by atoms with Crippen molar-refractivity contribution in [2.45, 2.75) is 6.92 Å². The highest BCUT2D eigenvalue weighted by Gasteiger charge is 2.15. The Kier molecular flexibility index (Phi) is 2.16. The molecule has 2 N–H and O–H groups in total. The molecule has 0 aromatic carbocycles. The Bertz CT molecular complexity index is 696. The minimum atomic E-state index is 0.760. The molecule has 0 saturated carbocycles. The predicted molar refractivity (Wildman–Crippen MR) is 71.0 cm³/mol. The Morgan fingerprint density at radius 1 is 1.41 bits per heavy atom. The van der Waals surface area contributed by atoms with E-state index in [1.807, 2.05) is 30.7 Å². The van der Waals surface area contributed by atoms with E-state index < -0.39 is 0 Å². The van der Waals surface area contributed by atoms with Crippen molar-refractivity contribution < 1.29 is 0 Å². The van der Waals surface area contributed by atoms with E-state index in [9.17, 15) is 0 Å². The maximum absolute atomic E-state index is 6.06. The van der Waals surface area contributed by atoms with Crippen molar-refractivity contribution in [1.29, 1.82) is 0 Å². The first-order valence-electron chi connectivity index (χ1n) is 5.30. The highest BCUT2D eigenvalue weighted by atomic mass is 32.1. The molecule has 3 aromatic rings. The molecule has 0 bridgehead atoms. The number of nitrogen functional groups attached to an aromatic ring is 1. The van der Waals surface area contributed by atoms with Crippen LogP contribution in [-0.4, -0.2) is 14.5 Å². The largest absolute Gasteiger partial charge is 0.397 e. The quantitative estimate of drug-likeness (QED) is 0.715. The van der Waals surface area contributed by atoms with Gasteiger partial charge in [-0.15, -0.1) is 11.3 Å². The highest BCUT2D eigenvalue weighted by Crippen LogP contribution is 2.34. The van der Waals surface area contributed by atoms with E-state index >= 15 is 0 Å². The summed E-state index contributed by atoms with van der Waals surface area (Å²) < 4.78 is 2.03. The van der Waals surface area contributed by atoms with Crippen LogP contribution in [0.15, 0.2) is 23.7 Å². The summed E-state index contributed by atoms with van der Waals surface area (Å²) in [4.78, 5) is 9.81. The van der Waals surface area contributed by atoms with Crippen LogP contribution in [0.1, 0.15) is 5.56 Å². The van der Waals surface area contributed by atoms with E-state index in [2.05, 4.69) is 15.3 Å². The second kappa shape index (κ2) is 3.56. The Morgan fingerprint density at radius 2 is 2.24 bits per heavy atom. The van der Waals surface area contributed by atoms with Crippen LogP contribution < -0.4 is 5.73 Å². The number of rotatable bonds is 1. The fourth-order valence-electron chi connectivity index (χ4n) is 1.86. The second-order valence-corrected chi connectivity index (χ2v) is 4.88. The van der Waals surface area contributed by atoms with Crippen LogP contribution in [0.5, 0.6) is 0 Å². The molecule has 0 aliphatic heterocycles. The zero-order valence-electron chi connectivity index (χ0n) is 9.64. The molecular formula is C12H12N4S. The third kappa shape index (κ3) is 1.43. The molecular weight excluding hydrogens is 232 g/mol. The van der Waals surface area contributed by atoms with Gasteiger partial charge in [0.05, 0.1) is 16.1 Å². The second-order valence-electron chi connectivity index (χ2n) is 4.00. The summed E-state index contributed by atoms with van der Waals surface area (Å²) in [5.41, 5.74) is 9.76. The highest BCUT2D eigenvalue weighted by molar-refractivity contribution is 7.14. The van der Waals surface area contributed by atoms with Crippen LogP contribution in [-0.2, 0) is 7.05 Å². The summed E-state index contributed by atoms with van der Waals surface area (Å²) in [6, 6.07) is 3.92. The minimum Gasteiger partial charge on any atom is -0.397 e. The number of fused-ring (bicyclic) bond motifs is 1. The van der Waals surface area contributed by atoms with E-state index in [1.54, 1.807) is 17.5 Å². The number of nitrogens with two attached hydrogens (primary N) is 1. The summed E-state index contributed by atoms with van der Waals surface area (Å²) >= 11 is 1.62. The summed E-state index contributed by atoms with van der Waals surface area (Å²) in [5.74, 6) is 0.884. The van der Waals surface area contributed by atoms with E-state index in [0.717, 1.165) is 33.1 Å². The lowest BCUT2D eigenvalue weighted by Crippen LogP contribution is -1.94. The first kappa shape index (κ1) is 10.3. The van der Waals surface area contributed by atoms with Gasteiger partial charge in [-0.1, -0.05) is 0 Å². The van der Waals surface area contributed by atoms with Crippen LogP contribution in [0.2, 0.25) is 0 Å². The van der Waals surface area contributed by atoms with Crippen LogP contribution in [0.4, 0.5) is 5.69 Å². The topological polar surface area (TPSA) is 56.7 Å². The monoisotopic (exact) mass is 244 g/mol. The van der Waals surface area contributed by atoms with Gasteiger partial charge in [-0.2, -0.15) is 0 Å². The number of aromatic nitrogens is 3. The first-order chi connectivity index (χ1) is 8.18. The number of hydrogen-bond acceptors (Lipinski definition) is 4. The fourth-order valence-corrected chi connectivity index (χ4v) is 2.85. The number of imidazole rings is 1. The summed E-state index contributed by atoms with van der Waals surface area (Å²) in [7, 11) is 1.99. The number of thiophene rings is 1. The van der Waals surface area contributed by atoms with Gasteiger partial charge in [0.15, 0.2) is 11.5 Å². The van der Waals surface area contributed by atoms with E-state index in [0.29, 0.717) is 0 Å². The smallest absolute Gasteiger partial charge is 0.178 e. The van der Waals surface area contributed by atoms with Crippen molar-refractivity contribution in [3.8, 4) is 10.7 Å². The molecule has 3 aromatic heterocycles. The molecule has 0 amide bonds. The number of aryl methyl sites for hydroxylation is 2. The Hall–Kier alpha value is -1.88. The average Bonchev–Trinajstić information content (AvgIpc) is 2.83. The molecule has 3 heterocycles. The molecule has 3 rings (SSSR count). The van der Waals surface area contributed by atoms with Crippen molar-refractivity contribution in [3.63, 3.8) is 0 Å². The molecule has 4 nitrogen and oxygen atoms in total. The number of hydrogen-bond donors (Lipinski definition) is 1. The normalized spacial score (nSPS) is 11.2. The van der Waals surface area contributed by atoms with Crippen LogP contribution in [0.3, 0.4) is 0 Å². The summed E-state index contributed by atoms with van der Waals surface area (Å²) in [6.07, 6.45) is 1.75. The van der Waals surface area contributed by atoms with Crippen LogP contribution >= 0.6 is 11.3 Å².